The van der Waals surface area contributed by atoms with Crippen LogP contribution in [0.25, 0.3) is 0 Å². The number of nitrogens with one attached hydrogen (secondary N) is 1. The fourth-order valence-electron chi connectivity index (χ4n) is 2.14. The Hall–Kier alpha value is -2.71. The molecule has 0 saturated heterocycles. The molecule has 0 unspecified atom stereocenters. The van der Waals surface area contributed by atoms with Crippen LogP contribution in [0.3, 0.4) is 0 Å². The third-order valence-corrected chi connectivity index (χ3v) is 3.49. The van der Waals surface area contributed by atoms with E-state index in [-0.39, 0.29) is 5.56 Å². The largest absolute Gasteiger partial charge is 0.439 e. The lowest BCUT2D eigenvalue weighted by molar-refractivity contribution is -0.304. The Kier molecular flexibility index (Phi) is 6.35. The van der Waals surface area contributed by atoms with Crippen LogP contribution in [0.4, 0.5) is 26.3 Å². The lowest BCUT2D eigenvalue weighted by atomic mass is 10.1. The van der Waals surface area contributed by atoms with E-state index in [2.05, 4.69) is 10.1 Å². The number of amides is 1. The van der Waals surface area contributed by atoms with Crippen molar-refractivity contribution in [2.45, 2.75) is 24.9 Å². The molecule has 146 valence electrons. The van der Waals surface area contributed by atoms with E-state index in [4.69, 9.17) is 0 Å². The maximum absolute atomic E-state index is 13.2. The van der Waals surface area contributed by atoms with Crippen LogP contribution < -0.4 is 10.1 Å². The minimum atomic E-state index is -5.76. The number of carbonyl (C=O) groups excluding carboxylic acids is 1. The Labute approximate surface area is 150 Å². The van der Waals surface area contributed by atoms with E-state index < -0.39 is 30.1 Å². The molecule has 1 amide bonds. The Bertz CT molecular complexity index is 747. The fraction of sp³-hybridized carbons (Fsp3) is 0.278. The SMILES string of the molecule is O=C(NCCc1ccccc1)c1ccc(OC(F)(F)[C@@H](F)C(F)(F)F)cc1. The summed E-state index contributed by atoms with van der Waals surface area (Å²) in [6.45, 7) is 0.328. The third-order valence-electron chi connectivity index (χ3n) is 3.49. The molecule has 0 saturated carbocycles. The molecule has 0 fully saturated rings. The van der Waals surface area contributed by atoms with Gasteiger partial charge in [0, 0.05) is 12.1 Å². The molecule has 0 spiro atoms. The van der Waals surface area contributed by atoms with E-state index in [9.17, 15) is 31.1 Å². The maximum atomic E-state index is 13.2. The molecule has 27 heavy (non-hydrogen) atoms. The summed E-state index contributed by atoms with van der Waals surface area (Å²) in [5.41, 5.74) is 1.10. The van der Waals surface area contributed by atoms with Crippen LogP contribution >= 0.6 is 0 Å². The monoisotopic (exact) mass is 391 g/mol. The summed E-state index contributed by atoms with van der Waals surface area (Å²) in [7, 11) is 0. The Balaban J connectivity index is 1.91. The second-order valence-corrected chi connectivity index (χ2v) is 5.58. The maximum Gasteiger partial charge on any atom is 0.439 e. The van der Waals surface area contributed by atoms with Crippen LogP contribution in [-0.2, 0) is 6.42 Å². The number of halogens is 6. The molecular weight excluding hydrogens is 376 g/mol. The summed E-state index contributed by atoms with van der Waals surface area (Å²) >= 11 is 0. The van der Waals surface area contributed by atoms with Gasteiger partial charge >= 0.3 is 12.3 Å². The highest BCUT2D eigenvalue weighted by Gasteiger charge is 2.59. The van der Waals surface area contributed by atoms with Gasteiger partial charge in [0.1, 0.15) is 5.75 Å². The van der Waals surface area contributed by atoms with E-state index in [1.807, 2.05) is 30.3 Å². The van der Waals surface area contributed by atoms with Gasteiger partial charge in [-0.2, -0.15) is 22.0 Å². The number of carbonyl (C=O) groups is 1. The highest BCUT2D eigenvalue weighted by atomic mass is 19.4. The molecule has 0 aliphatic rings. The first kappa shape index (κ1) is 20.6. The highest BCUT2D eigenvalue weighted by Crippen LogP contribution is 2.36. The van der Waals surface area contributed by atoms with E-state index in [1.54, 1.807) is 0 Å². The van der Waals surface area contributed by atoms with Crippen LogP contribution in [0.15, 0.2) is 54.6 Å². The first-order valence-corrected chi connectivity index (χ1v) is 7.79. The van der Waals surface area contributed by atoms with Crippen molar-refractivity contribution in [3.63, 3.8) is 0 Å². The molecule has 2 aromatic carbocycles. The Morgan fingerprint density at radius 2 is 1.56 bits per heavy atom. The van der Waals surface area contributed by atoms with Crippen LogP contribution in [0.5, 0.6) is 5.75 Å². The zero-order valence-electron chi connectivity index (χ0n) is 13.8. The van der Waals surface area contributed by atoms with Gasteiger partial charge < -0.3 is 10.1 Å². The zero-order valence-corrected chi connectivity index (χ0v) is 13.8. The molecule has 0 heterocycles. The molecule has 0 radical (unpaired) electrons. The van der Waals surface area contributed by atoms with Crippen LogP contribution in [0.2, 0.25) is 0 Å². The van der Waals surface area contributed by atoms with Gasteiger partial charge in [0.05, 0.1) is 0 Å². The number of hydrogen-bond donors (Lipinski definition) is 1. The number of hydrogen-bond acceptors (Lipinski definition) is 2. The predicted molar refractivity (Wildman–Crippen MR) is 85.4 cm³/mol. The van der Waals surface area contributed by atoms with Gasteiger partial charge in [-0.1, -0.05) is 30.3 Å². The minimum absolute atomic E-state index is 0.0892. The molecule has 0 bridgehead atoms. The van der Waals surface area contributed by atoms with Gasteiger partial charge in [0.15, 0.2) is 0 Å². The Morgan fingerprint density at radius 3 is 2.11 bits per heavy atom. The molecule has 2 aromatic rings. The van der Waals surface area contributed by atoms with Crippen molar-refractivity contribution < 1.29 is 35.9 Å². The van der Waals surface area contributed by atoms with Crippen molar-refractivity contribution in [1.29, 1.82) is 0 Å². The molecule has 2 rings (SSSR count). The summed E-state index contributed by atoms with van der Waals surface area (Å²) < 4.78 is 79.2. The highest BCUT2D eigenvalue weighted by molar-refractivity contribution is 5.94. The first-order chi connectivity index (χ1) is 12.6. The normalized spacial score (nSPS) is 13.1. The van der Waals surface area contributed by atoms with Crippen molar-refractivity contribution in [3.8, 4) is 5.75 Å². The molecule has 1 N–H and O–H groups in total. The number of benzene rings is 2. The van der Waals surface area contributed by atoms with Crippen LogP contribution in [0, 0.1) is 0 Å². The van der Waals surface area contributed by atoms with Gasteiger partial charge in [0.25, 0.3) is 12.1 Å². The summed E-state index contributed by atoms with van der Waals surface area (Å²) in [4.78, 5) is 12.0. The quantitative estimate of drug-likeness (QED) is 0.705. The van der Waals surface area contributed by atoms with E-state index in [0.717, 1.165) is 29.8 Å². The molecule has 0 aliphatic heterocycles. The average molecular weight is 391 g/mol. The second kappa shape index (κ2) is 8.32. The van der Waals surface area contributed by atoms with Gasteiger partial charge in [-0.3, -0.25) is 4.79 Å². The summed E-state index contributed by atoms with van der Waals surface area (Å²) in [6.07, 6.45) is -14.7. The van der Waals surface area contributed by atoms with Gasteiger partial charge in [-0.05, 0) is 36.2 Å². The van der Waals surface area contributed by atoms with Crippen molar-refractivity contribution in [3.05, 3.63) is 65.7 Å². The number of ether oxygens (including phenoxy) is 1. The van der Waals surface area contributed by atoms with E-state index >= 15 is 0 Å². The second-order valence-electron chi connectivity index (χ2n) is 5.58. The molecule has 3 nitrogen and oxygen atoms in total. The van der Waals surface area contributed by atoms with Crippen molar-refractivity contribution in [2.75, 3.05) is 6.54 Å². The third kappa shape index (κ3) is 5.90. The van der Waals surface area contributed by atoms with Gasteiger partial charge in [-0.15, -0.1) is 0 Å². The minimum Gasteiger partial charge on any atom is -0.430 e. The summed E-state index contributed by atoms with van der Waals surface area (Å²) in [6, 6.07) is 13.2. The summed E-state index contributed by atoms with van der Waals surface area (Å²) in [5.74, 6) is -1.20. The van der Waals surface area contributed by atoms with Crippen LogP contribution in [0.1, 0.15) is 15.9 Å². The van der Waals surface area contributed by atoms with Crippen molar-refractivity contribution >= 4 is 5.91 Å². The molecular formula is C18H15F6NO2. The van der Waals surface area contributed by atoms with E-state index in [1.165, 1.54) is 0 Å². The lowest BCUT2D eigenvalue weighted by Gasteiger charge is -2.23. The average Bonchev–Trinajstić information content (AvgIpc) is 2.61. The standard InChI is InChI=1S/C18H15F6NO2/c19-16(17(20,21)22)18(23,24)27-14-8-6-13(7-9-14)15(26)25-11-10-12-4-2-1-3-5-12/h1-9,16H,10-11H2,(H,25,26)/t16-/m0/s1. The number of rotatable bonds is 7. The van der Waals surface area contributed by atoms with Crippen molar-refractivity contribution in [1.82, 2.24) is 5.32 Å². The smallest absolute Gasteiger partial charge is 0.430 e. The first-order valence-electron chi connectivity index (χ1n) is 7.79. The Morgan fingerprint density at radius 1 is 0.963 bits per heavy atom. The van der Waals surface area contributed by atoms with E-state index in [0.29, 0.717) is 13.0 Å². The predicted octanol–water partition coefficient (Wildman–Crippen LogP) is 4.53. The van der Waals surface area contributed by atoms with Gasteiger partial charge in [0.2, 0.25) is 0 Å². The lowest BCUT2D eigenvalue weighted by Crippen LogP contribution is -2.45. The van der Waals surface area contributed by atoms with Gasteiger partial charge in [-0.25, -0.2) is 4.39 Å². The molecule has 1 atom stereocenters. The molecule has 9 heteroatoms. The zero-order chi connectivity index (χ0) is 20.1. The topological polar surface area (TPSA) is 38.3 Å². The molecule has 0 aromatic heterocycles. The summed E-state index contributed by atoms with van der Waals surface area (Å²) in [5, 5.41) is 2.62. The number of alkyl halides is 6. The van der Waals surface area contributed by atoms with Crippen molar-refractivity contribution in [2.24, 2.45) is 0 Å². The molecule has 0 aliphatic carbocycles. The van der Waals surface area contributed by atoms with Crippen LogP contribution in [-0.4, -0.2) is 30.9 Å². The fourth-order valence-corrected chi connectivity index (χ4v) is 2.14.